The van der Waals surface area contributed by atoms with Crippen molar-refractivity contribution in [3.63, 3.8) is 0 Å². The maximum absolute atomic E-state index is 11.1. The van der Waals surface area contributed by atoms with E-state index in [1.165, 1.54) is 18.1 Å². The molecule has 1 heterocycles. The molecule has 1 fully saturated rings. The highest BCUT2D eigenvalue weighted by Gasteiger charge is 2.17. The third-order valence-corrected chi connectivity index (χ3v) is 3.99. The fourth-order valence-corrected chi connectivity index (χ4v) is 2.83. The zero-order chi connectivity index (χ0) is 10.4. The summed E-state index contributed by atoms with van der Waals surface area (Å²) in [4.78, 5) is 13.6. The van der Waals surface area contributed by atoms with Gasteiger partial charge in [0.05, 0.1) is 0 Å². The van der Waals surface area contributed by atoms with E-state index in [0.717, 1.165) is 19.4 Å². The Hall–Kier alpha value is -0.0200. The normalized spacial score (nSPS) is 23.7. The Morgan fingerprint density at radius 3 is 3.00 bits per heavy atom. The summed E-state index contributed by atoms with van der Waals surface area (Å²) in [6, 6.07) is 0.700. The van der Waals surface area contributed by atoms with Crippen LogP contribution in [0.25, 0.3) is 0 Å². The molecule has 3 heteroatoms. The standard InChI is InChI=1S/C11H21NOS/c1-3-11(13)5-4-6-12-7-8-14-9-10(12)2/h10H,3-9H2,1-2H3. The summed E-state index contributed by atoms with van der Waals surface area (Å²) in [5, 5.41) is 0. The summed E-state index contributed by atoms with van der Waals surface area (Å²) in [6.07, 6.45) is 2.51. The van der Waals surface area contributed by atoms with Gasteiger partial charge in [-0.3, -0.25) is 9.69 Å². The minimum atomic E-state index is 0.407. The zero-order valence-corrected chi connectivity index (χ0v) is 10.1. The van der Waals surface area contributed by atoms with Gasteiger partial charge in [-0.25, -0.2) is 0 Å². The molecule has 0 aromatic rings. The topological polar surface area (TPSA) is 20.3 Å². The van der Waals surface area contributed by atoms with E-state index in [0.29, 0.717) is 18.2 Å². The molecule has 1 aliphatic heterocycles. The van der Waals surface area contributed by atoms with Crippen molar-refractivity contribution in [3.05, 3.63) is 0 Å². The fraction of sp³-hybridized carbons (Fsp3) is 0.909. The molecule has 0 amide bonds. The van der Waals surface area contributed by atoms with Gasteiger partial charge in [0.1, 0.15) is 5.78 Å². The average Bonchev–Trinajstić information content (AvgIpc) is 2.20. The Morgan fingerprint density at radius 1 is 1.57 bits per heavy atom. The maximum atomic E-state index is 11.1. The van der Waals surface area contributed by atoms with E-state index < -0.39 is 0 Å². The van der Waals surface area contributed by atoms with Gasteiger partial charge >= 0.3 is 0 Å². The van der Waals surface area contributed by atoms with E-state index in [9.17, 15) is 4.79 Å². The molecule has 1 aliphatic rings. The van der Waals surface area contributed by atoms with Crippen LogP contribution in [0.5, 0.6) is 0 Å². The van der Waals surface area contributed by atoms with Crippen molar-refractivity contribution >= 4 is 17.5 Å². The lowest BCUT2D eigenvalue weighted by Crippen LogP contribution is -2.40. The molecule has 0 bridgehead atoms. The summed E-state index contributed by atoms with van der Waals surface area (Å²) < 4.78 is 0. The maximum Gasteiger partial charge on any atom is 0.132 e. The summed E-state index contributed by atoms with van der Waals surface area (Å²) in [5.74, 6) is 2.91. The molecule has 0 aromatic carbocycles. The third-order valence-electron chi connectivity index (χ3n) is 2.80. The molecule has 0 N–H and O–H groups in total. The van der Waals surface area contributed by atoms with Crippen LogP contribution in [-0.4, -0.2) is 41.3 Å². The SMILES string of the molecule is CCC(=O)CCCN1CCSCC1C. The van der Waals surface area contributed by atoms with E-state index in [-0.39, 0.29) is 0 Å². The number of hydrogen-bond acceptors (Lipinski definition) is 3. The quantitative estimate of drug-likeness (QED) is 0.701. The summed E-state index contributed by atoms with van der Waals surface area (Å²) in [6.45, 7) is 6.54. The average molecular weight is 215 g/mol. The van der Waals surface area contributed by atoms with Crippen LogP contribution >= 0.6 is 11.8 Å². The van der Waals surface area contributed by atoms with Crippen LogP contribution < -0.4 is 0 Å². The largest absolute Gasteiger partial charge is 0.300 e. The smallest absolute Gasteiger partial charge is 0.132 e. The number of thioether (sulfide) groups is 1. The van der Waals surface area contributed by atoms with Crippen LogP contribution in [0.15, 0.2) is 0 Å². The highest BCUT2D eigenvalue weighted by Crippen LogP contribution is 2.16. The molecule has 0 saturated carbocycles. The minimum Gasteiger partial charge on any atom is -0.300 e. The lowest BCUT2D eigenvalue weighted by atomic mass is 10.1. The number of ketones is 1. The Morgan fingerprint density at radius 2 is 2.36 bits per heavy atom. The zero-order valence-electron chi connectivity index (χ0n) is 9.29. The molecule has 1 rings (SSSR count). The summed E-state index contributed by atoms with van der Waals surface area (Å²) >= 11 is 2.04. The minimum absolute atomic E-state index is 0.407. The molecule has 0 spiro atoms. The first kappa shape index (κ1) is 12.1. The van der Waals surface area contributed by atoms with E-state index >= 15 is 0 Å². The van der Waals surface area contributed by atoms with Crippen molar-refractivity contribution in [2.75, 3.05) is 24.6 Å². The molecule has 0 aromatic heterocycles. The molecular weight excluding hydrogens is 194 g/mol. The summed E-state index contributed by atoms with van der Waals surface area (Å²) in [7, 11) is 0. The van der Waals surface area contributed by atoms with Crippen molar-refractivity contribution < 1.29 is 4.79 Å². The van der Waals surface area contributed by atoms with Crippen LogP contribution in [0.4, 0.5) is 0 Å². The molecule has 1 atom stereocenters. The number of carbonyl (C=O) groups is 1. The highest BCUT2D eigenvalue weighted by molar-refractivity contribution is 7.99. The fourth-order valence-electron chi connectivity index (χ4n) is 1.75. The number of carbonyl (C=O) groups excluding carboxylic acids is 1. The van der Waals surface area contributed by atoms with Crippen molar-refractivity contribution in [2.45, 2.75) is 39.2 Å². The van der Waals surface area contributed by atoms with Gasteiger partial charge in [-0.2, -0.15) is 11.8 Å². The first-order valence-corrected chi connectivity index (χ1v) is 6.73. The second kappa shape index (κ2) is 6.46. The van der Waals surface area contributed by atoms with Gasteiger partial charge in [-0.1, -0.05) is 6.92 Å². The lowest BCUT2D eigenvalue weighted by Gasteiger charge is -2.32. The van der Waals surface area contributed by atoms with E-state index in [1.807, 2.05) is 18.7 Å². The Bertz CT molecular complexity index is 184. The highest BCUT2D eigenvalue weighted by atomic mass is 32.2. The van der Waals surface area contributed by atoms with Crippen molar-refractivity contribution in [2.24, 2.45) is 0 Å². The van der Waals surface area contributed by atoms with Crippen LogP contribution in [0.3, 0.4) is 0 Å². The van der Waals surface area contributed by atoms with Gasteiger partial charge in [-0.05, 0) is 19.9 Å². The van der Waals surface area contributed by atoms with Crippen molar-refractivity contribution in [1.82, 2.24) is 4.90 Å². The Kier molecular flexibility index (Phi) is 5.56. The second-order valence-electron chi connectivity index (χ2n) is 3.96. The molecule has 0 radical (unpaired) electrons. The first-order valence-electron chi connectivity index (χ1n) is 5.57. The Labute approximate surface area is 91.4 Å². The van der Waals surface area contributed by atoms with E-state index in [1.54, 1.807) is 0 Å². The molecule has 0 aliphatic carbocycles. The van der Waals surface area contributed by atoms with Gasteiger partial charge in [0, 0.05) is 36.9 Å². The number of hydrogen-bond donors (Lipinski definition) is 0. The first-order chi connectivity index (χ1) is 6.74. The predicted octanol–water partition coefficient (Wildman–Crippen LogP) is 2.18. The van der Waals surface area contributed by atoms with Gasteiger partial charge in [-0.15, -0.1) is 0 Å². The summed E-state index contributed by atoms with van der Waals surface area (Å²) in [5.41, 5.74) is 0. The van der Waals surface area contributed by atoms with Gasteiger partial charge < -0.3 is 0 Å². The lowest BCUT2D eigenvalue weighted by molar-refractivity contribution is -0.118. The van der Waals surface area contributed by atoms with Crippen LogP contribution in [0.1, 0.15) is 33.1 Å². The van der Waals surface area contributed by atoms with Gasteiger partial charge in [0.15, 0.2) is 0 Å². The van der Waals surface area contributed by atoms with Crippen LogP contribution in [0.2, 0.25) is 0 Å². The Balaban J connectivity index is 2.13. The predicted molar refractivity (Wildman–Crippen MR) is 62.9 cm³/mol. The number of nitrogens with zero attached hydrogens (tertiary/aromatic N) is 1. The van der Waals surface area contributed by atoms with Gasteiger partial charge in [0.2, 0.25) is 0 Å². The van der Waals surface area contributed by atoms with Crippen LogP contribution in [-0.2, 0) is 4.79 Å². The number of Topliss-reactive ketones (excluding diaryl/α,β-unsaturated/α-hetero) is 1. The van der Waals surface area contributed by atoms with Crippen molar-refractivity contribution in [1.29, 1.82) is 0 Å². The molecule has 1 saturated heterocycles. The second-order valence-corrected chi connectivity index (χ2v) is 5.11. The number of rotatable bonds is 5. The van der Waals surface area contributed by atoms with Crippen molar-refractivity contribution in [3.8, 4) is 0 Å². The van der Waals surface area contributed by atoms with E-state index in [4.69, 9.17) is 0 Å². The van der Waals surface area contributed by atoms with Crippen LogP contribution in [0, 0.1) is 0 Å². The molecule has 1 unspecified atom stereocenters. The third kappa shape index (κ3) is 4.01. The van der Waals surface area contributed by atoms with E-state index in [2.05, 4.69) is 11.8 Å². The molecule has 2 nitrogen and oxygen atoms in total. The monoisotopic (exact) mass is 215 g/mol. The molecule has 14 heavy (non-hydrogen) atoms. The molecular formula is C11H21NOS. The van der Waals surface area contributed by atoms with Gasteiger partial charge in [0.25, 0.3) is 0 Å². The molecule has 82 valence electrons.